The standard InChI is InChI=1S/C17H26N4/c1-14(2)21-17(19-13-20-21)12-16(18-3)11-7-10-15-8-5-4-6-9-15/h4-6,8-9,13-14,16,18H,7,10-12H2,1-3H3. The zero-order valence-corrected chi connectivity index (χ0v) is 13.3. The Bertz CT molecular complexity index is 519. The van der Waals surface area contributed by atoms with Crippen molar-refractivity contribution in [1.82, 2.24) is 20.1 Å². The number of likely N-dealkylation sites (N-methyl/N-ethyl adjacent to an activating group) is 1. The Morgan fingerprint density at radius 1 is 1.19 bits per heavy atom. The van der Waals surface area contributed by atoms with Crippen molar-refractivity contribution >= 4 is 0 Å². The second kappa shape index (κ2) is 7.93. The third kappa shape index (κ3) is 4.67. The zero-order valence-electron chi connectivity index (χ0n) is 13.3. The van der Waals surface area contributed by atoms with E-state index in [0.717, 1.165) is 25.1 Å². The first-order valence-corrected chi connectivity index (χ1v) is 7.80. The molecule has 1 heterocycles. The lowest BCUT2D eigenvalue weighted by atomic mass is 10.0. The fourth-order valence-corrected chi connectivity index (χ4v) is 2.62. The molecule has 0 aliphatic heterocycles. The van der Waals surface area contributed by atoms with Crippen LogP contribution in [-0.2, 0) is 12.8 Å². The fraction of sp³-hybridized carbons (Fsp3) is 0.529. The highest BCUT2D eigenvalue weighted by atomic mass is 15.3. The van der Waals surface area contributed by atoms with E-state index in [1.165, 1.54) is 12.0 Å². The summed E-state index contributed by atoms with van der Waals surface area (Å²) in [4.78, 5) is 4.40. The van der Waals surface area contributed by atoms with Crippen molar-refractivity contribution in [2.75, 3.05) is 7.05 Å². The van der Waals surface area contributed by atoms with Gasteiger partial charge < -0.3 is 5.32 Å². The highest BCUT2D eigenvalue weighted by molar-refractivity contribution is 5.14. The van der Waals surface area contributed by atoms with Crippen LogP contribution in [0.2, 0.25) is 0 Å². The summed E-state index contributed by atoms with van der Waals surface area (Å²) in [6.07, 6.45) is 6.06. The van der Waals surface area contributed by atoms with Crippen molar-refractivity contribution in [2.24, 2.45) is 0 Å². The van der Waals surface area contributed by atoms with Crippen LogP contribution in [0.3, 0.4) is 0 Å². The van der Waals surface area contributed by atoms with Crippen LogP contribution in [0.1, 0.15) is 44.1 Å². The molecule has 0 saturated heterocycles. The van der Waals surface area contributed by atoms with Crippen molar-refractivity contribution in [3.8, 4) is 0 Å². The van der Waals surface area contributed by atoms with E-state index in [0.29, 0.717) is 12.1 Å². The maximum atomic E-state index is 4.40. The number of aryl methyl sites for hydroxylation is 1. The molecule has 0 aliphatic rings. The average molecular weight is 286 g/mol. The number of hydrogen-bond acceptors (Lipinski definition) is 3. The summed E-state index contributed by atoms with van der Waals surface area (Å²) in [7, 11) is 2.03. The molecule has 1 N–H and O–H groups in total. The highest BCUT2D eigenvalue weighted by Gasteiger charge is 2.13. The lowest BCUT2D eigenvalue weighted by molar-refractivity contribution is 0.450. The van der Waals surface area contributed by atoms with Gasteiger partial charge in [0.1, 0.15) is 12.2 Å². The molecular formula is C17H26N4. The third-order valence-electron chi connectivity index (χ3n) is 3.83. The molecule has 0 bridgehead atoms. The van der Waals surface area contributed by atoms with E-state index in [1.807, 2.05) is 11.7 Å². The molecule has 1 unspecified atom stereocenters. The average Bonchev–Trinajstić information content (AvgIpc) is 2.95. The Kier molecular flexibility index (Phi) is 5.93. The van der Waals surface area contributed by atoms with Gasteiger partial charge in [0.05, 0.1) is 0 Å². The Morgan fingerprint density at radius 3 is 2.62 bits per heavy atom. The maximum absolute atomic E-state index is 4.40. The lowest BCUT2D eigenvalue weighted by Gasteiger charge is -2.17. The SMILES string of the molecule is CNC(CCCc1ccccc1)Cc1ncnn1C(C)C. The van der Waals surface area contributed by atoms with Crippen molar-refractivity contribution in [3.05, 3.63) is 48.0 Å². The molecular weight excluding hydrogens is 260 g/mol. The fourth-order valence-electron chi connectivity index (χ4n) is 2.62. The first-order chi connectivity index (χ1) is 10.2. The molecule has 2 rings (SSSR count). The van der Waals surface area contributed by atoms with E-state index in [9.17, 15) is 0 Å². The van der Waals surface area contributed by atoms with Crippen LogP contribution in [-0.4, -0.2) is 27.9 Å². The minimum absolute atomic E-state index is 0.365. The summed E-state index contributed by atoms with van der Waals surface area (Å²) in [5.41, 5.74) is 1.41. The van der Waals surface area contributed by atoms with Gasteiger partial charge in [-0.1, -0.05) is 30.3 Å². The molecule has 4 nitrogen and oxygen atoms in total. The van der Waals surface area contributed by atoms with E-state index in [-0.39, 0.29) is 0 Å². The summed E-state index contributed by atoms with van der Waals surface area (Å²) in [6, 6.07) is 11.5. The number of nitrogens with zero attached hydrogens (tertiary/aromatic N) is 3. The van der Waals surface area contributed by atoms with Crippen molar-refractivity contribution in [1.29, 1.82) is 0 Å². The van der Waals surface area contributed by atoms with Gasteiger partial charge in [-0.3, -0.25) is 0 Å². The van der Waals surface area contributed by atoms with E-state index in [1.54, 1.807) is 6.33 Å². The Labute approximate surface area is 127 Å². The molecule has 0 aliphatic carbocycles. The van der Waals surface area contributed by atoms with Crippen LogP contribution in [0.15, 0.2) is 36.7 Å². The largest absolute Gasteiger partial charge is 0.317 e. The second-order valence-corrected chi connectivity index (χ2v) is 5.78. The van der Waals surface area contributed by atoms with Crippen LogP contribution in [0.5, 0.6) is 0 Å². The molecule has 0 spiro atoms. The van der Waals surface area contributed by atoms with Gasteiger partial charge in [-0.25, -0.2) is 9.67 Å². The summed E-state index contributed by atoms with van der Waals surface area (Å²) in [5.74, 6) is 1.07. The first kappa shape index (κ1) is 15.7. The quantitative estimate of drug-likeness (QED) is 0.811. The molecule has 0 amide bonds. The summed E-state index contributed by atoms with van der Waals surface area (Å²) >= 11 is 0. The van der Waals surface area contributed by atoms with Crippen molar-refractivity contribution in [3.63, 3.8) is 0 Å². The summed E-state index contributed by atoms with van der Waals surface area (Å²) in [6.45, 7) is 4.28. The van der Waals surface area contributed by atoms with Crippen LogP contribution in [0.4, 0.5) is 0 Å². The minimum atomic E-state index is 0.365. The zero-order chi connectivity index (χ0) is 15.1. The van der Waals surface area contributed by atoms with Crippen LogP contribution in [0, 0.1) is 0 Å². The van der Waals surface area contributed by atoms with Crippen molar-refractivity contribution in [2.45, 2.75) is 51.6 Å². The normalized spacial score (nSPS) is 12.8. The van der Waals surface area contributed by atoms with Gasteiger partial charge >= 0.3 is 0 Å². The topological polar surface area (TPSA) is 42.7 Å². The first-order valence-electron chi connectivity index (χ1n) is 7.80. The smallest absolute Gasteiger partial charge is 0.138 e. The van der Waals surface area contributed by atoms with Gasteiger partial charge in [-0.15, -0.1) is 0 Å². The van der Waals surface area contributed by atoms with Gasteiger partial charge in [0.2, 0.25) is 0 Å². The van der Waals surface area contributed by atoms with Crippen LogP contribution >= 0.6 is 0 Å². The third-order valence-corrected chi connectivity index (χ3v) is 3.83. The monoisotopic (exact) mass is 286 g/mol. The number of nitrogens with one attached hydrogen (secondary N) is 1. The van der Waals surface area contributed by atoms with E-state index in [2.05, 4.69) is 59.6 Å². The van der Waals surface area contributed by atoms with Gasteiger partial charge in [0.15, 0.2) is 0 Å². The highest BCUT2D eigenvalue weighted by Crippen LogP contribution is 2.12. The second-order valence-electron chi connectivity index (χ2n) is 5.78. The molecule has 114 valence electrons. The molecule has 1 atom stereocenters. The molecule has 0 radical (unpaired) electrons. The Hall–Kier alpha value is -1.68. The molecule has 1 aromatic carbocycles. The van der Waals surface area contributed by atoms with E-state index in [4.69, 9.17) is 0 Å². The predicted molar refractivity (Wildman–Crippen MR) is 86.3 cm³/mol. The van der Waals surface area contributed by atoms with Crippen molar-refractivity contribution < 1.29 is 0 Å². The number of benzene rings is 1. The number of hydrogen-bond donors (Lipinski definition) is 1. The molecule has 0 saturated carbocycles. The lowest BCUT2D eigenvalue weighted by Crippen LogP contribution is -2.29. The predicted octanol–water partition coefficient (Wildman–Crippen LogP) is 3.01. The van der Waals surface area contributed by atoms with Gasteiger partial charge in [-0.2, -0.15) is 5.10 Å². The molecule has 4 heteroatoms. The molecule has 21 heavy (non-hydrogen) atoms. The van der Waals surface area contributed by atoms with Crippen LogP contribution in [0.25, 0.3) is 0 Å². The van der Waals surface area contributed by atoms with Gasteiger partial charge in [-0.05, 0) is 45.7 Å². The Morgan fingerprint density at radius 2 is 1.95 bits per heavy atom. The molecule has 0 fully saturated rings. The van der Waals surface area contributed by atoms with E-state index >= 15 is 0 Å². The molecule has 2 aromatic rings. The summed E-state index contributed by atoms with van der Waals surface area (Å²) < 4.78 is 2.02. The minimum Gasteiger partial charge on any atom is -0.317 e. The summed E-state index contributed by atoms with van der Waals surface area (Å²) in [5, 5.41) is 7.72. The number of aromatic nitrogens is 3. The van der Waals surface area contributed by atoms with E-state index < -0.39 is 0 Å². The maximum Gasteiger partial charge on any atom is 0.138 e. The Balaban J connectivity index is 1.84. The molecule has 1 aromatic heterocycles. The van der Waals surface area contributed by atoms with Crippen LogP contribution < -0.4 is 5.32 Å². The van der Waals surface area contributed by atoms with Gasteiger partial charge in [0.25, 0.3) is 0 Å². The van der Waals surface area contributed by atoms with Gasteiger partial charge in [0, 0.05) is 18.5 Å². The number of rotatable bonds is 8.